The maximum atomic E-state index is 12.7. The maximum absolute atomic E-state index is 12.7. The van der Waals surface area contributed by atoms with E-state index in [1.165, 1.54) is 11.3 Å². The quantitative estimate of drug-likeness (QED) is 0.753. The third-order valence-corrected chi connectivity index (χ3v) is 5.21. The van der Waals surface area contributed by atoms with E-state index < -0.39 is 5.41 Å². The molecule has 0 aliphatic heterocycles. The Balaban J connectivity index is 1.57. The van der Waals surface area contributed by atoms with E-state index >= 15 is 0 Å². The first-order chi connectivity index (χ1) is 12.1. The highest BCUT2D eigenvalue weighted by Gasteiger charge is 2.54. The van der Waals surface area contributed by atoms with Gasteiger partial charge in [0, 0.05) is 22.7 Å². The van der Waals surface area contributed by atoms with Gasteiger partial charge in [0.2, 0.25) is 5.91 Å². The SMILES string of the molecule is COc1cccc(-c2cc(C3(C(=O)Nc4ncc(C)s4)CC3)no2)c1. The number of amides is 1. The van der Waals surface area contributed by atoms with Gasteiger partial charge in [-0.1, -0.05) is 17.3 Å². The summed E-state index contributed by atoms with van der Waals surface area (Å²) in [5, 5.41) is 7.67. The second-order valence-electron chi connectivity index (χ2n) is 6.12. The van der Waals surface area contributed by atoms with Crippen LogP contribution in [0.5, 0.6) is 5.75 Å². The lowest BCUT2D eigenvalue weighted by molar-refractivity contribution is -0.118. The van der Waals surface area contributed by atoms with E-state index in [9.17, 15) is 4.79 Å². The number of carbonyl (C=O) groups is 1. The summed E-state index contributed by atoms with van der Waals surface area (Å²) in [6.45, 7) is 1.96. The zero-order valence-corrected chi connectivity index (χ0v) is 14.7. The van der Waals surface area contributed by atoms with Gasteiger partial charge in [-0.25, -0.2) is 4.98 Å². The fourth-order valence-corrected chi connectivity index (χ4v) is 3.43. The molecule has 1 aromatic carbocycles. The lowest BCUT2D eigenvalue weighted by Gasteiger charge is -2.10. The van der Waals surface area contributed by atoms with Gasteiger partial charge < -0.3 is 14.6 Å². The lowest BCUT2D eigenvalue weighted by atomic mass is 10.0. The number of nitrogens with zero attached hydrogens (tertiary/aromatic N) is 2. The van der Waals surface area contributed by atoms with Crippen LogP contribution < -0.4 is 10.1 Å². The highest BCUT2D eigenvalue weighted by Crippen LogP contribution is 2.49. The van der Waals surface area contributed by atoms with Crippen LogP contribution in [0.3, 0.4) is 0 Å². The van der Waals surface area contributed by atoms with Crippen LogP contribution in [0.15, 0.2) is 41.1 Å². The second-order valence-corrected chi connectivity index (χ2v) is 7.36. The predicted octanol–water partition coefficient (Wildman–Crippen LogP) is 3.79. The molecule has 7 heteroatoms. The Morgan fingerprint density at radius 2 is 2.20 bits per heavy atom. The van der Waals surface area contributed by atoms with Crippen LogP contribution >= 0.6 is 11.3 Å². The van der Waals surface area contributed by atoms with Crippen molar-refractivity contribution in [3.05, 3.63) is 47.1 Å². The van der Waals surface area contributed by atoms with Crippen LogP contribution in [0.4, 0.5) is 5.13 Å². The molecule has 1 saturated carbocycles. The van der Waals surface area contributed by atoms with Crippen LogP contribution in [-0.4, -0.2) is 23.2 Å². The molecule has 1 fully saturated rings. The van der Waals surface area contributed by atoms with Gasteiger partial charge >= 0.3 is 0 Å². The minimum atomic E-state index is -0.611. The van der Waals surface area contributed by atoms with Gasteiger partial charge in [-0.3, -0.25) is 4.79 Å². The number of anilines is 1. The van der Waals surface area contributed by atoms with Crippen LogP contribution in [0, 0.1) is 6.92 Å². The highest BCUT2D eigenvalue weighted by molar-refractivity contribution is 7.15. The summed E-state index contributed by atoms with van der Waals surface area (Å²) < 4.78 is 10.7. The number of thiazole rings is 1. The largest absolute Gasteiger partial charge is 0.497 e. The fraction of sp³-hybridized carbons (Fsp3) is 0.278. The normalized spacial score (nSPS) is 15.0. The summed E-state index contributed by atoms with van der Waals surface area (Å²) in [4.78, 5) is 18.0. The monoisotopic (exact) mass is 355 g/mol. The Bertz CT molecular complexity index is 927. The number of ether oxygens (including phenoxy) is 1. The van der Waals surface area contributed by atoms with Crippen molar-refractivity contribution >= 4 is 22.4 Å². The molecule has 0 spiro atoms. The fourth-order valence-electron chi connectivity index (χ4n) is 2.77. The molecule has 0 unspecified atom stereocenters. The molecule has 0 atom stereocenters. The van der Waals surface area contributed by atoms with Crippen molar-refractivity contribution in [2.24, 2.45) is 0 Å². The first-order valence-corrected chi connectivity index (χ1v) is 8.78. The Labute approximate surface area is 148 Å². The van der Waals surface area contributed by atoms with Crippen molar-refractivity contribution in [2.75, 3.05) is 12.4 Å². The number of methoxy groups -OCH3 is 1. The molecule has 2 heterocycles. The second kappa shape index (κ2) is 6.00. The van der Waals surface area contributed by atoms with E-state index in [1.807, 2.05) is 37.3 Å². The van der Waals surface area contributed by atoms with Crippen LogP contribution in [0.2, 0.25) is 0 Å². The molecule has 0 bridgehead atoms. The summed E-state index contributed by atoms with van der Waals surface area (Å²) in [5.74, 6) is 1.29. The highest BCUT2D eigenvalue weighted by atomic mass is 32.1. The van der Waals surface area contributed by atoms with Gasteiger partial charge in [0.25, 0.3) is 0 Å². The van der Waals surface area contributed by atoms with E-state index in [0.29, 0.717) is 16.6 Å². The molecule has 2 aromatic heterocycles. The summed E-state index contributed by atoms with van der Waals surface area (Å²) >= 11 is 1.46. The van der Waals surface area contributed by atoms with Crippen molar-refractivity contribution in [3.63, 3.8) is 0 Å². The van der Waals surface area contributed by atoms with E-state index in [2.05, 4.69) is 15.5 Å². The summed E-state index contributed by atoms with van der Waals surface area (Å²) in [6.07, 6.45) is 3.26. The summed E-state index contributed by atoms with van der Waals surface area (Å²) in [7, 11) is 1.62. The molecule has 0 saturated heterocycles. The number of aryl methyl sites for hydroxylation is 1. The van der Waals surface area contributed by atoms with Crippen LogP contribution in [-0.2, 0) is 10.2 Å². The predicted molar refractivity (Wildman–Crippen MR) is 94.9 cm³/mol. The topological polar surface area (TPSA) is 77.2 Å². The van der Waals surface area contributed by atoms with Gasteiger partial charge in [0.1, 0.15) is 5.75 Å². The van der Waals surface area contributed by atoms with Crippen molar-refractivity contribution < 1.29 is 14.1 Å². The molecule has 0 radical (unpaired) electrons. The van der Waals surface area contributed by atoms with E-state index in [-0.39, 0.29) is 5.91 Å². The standard InChI is InChI=1S/C18H17N3O3S/c1-11-10-19-17(25-11)20-16(22)18(6-7-18)15-9-14(24-21-15)12-4-3-5-13(8-12)23-2/h3-5,8-10H,6-7H2,1-2H3,(H,19,20,22). The number of aromatic nitrogens is 2. The average molecular weight is 355 g/mol. The maximum Gasteiger partial charge on any atom is 0.238 e. The van der Waals surface area contributed by atoms with E-state index in [0.717, 1.165) is 29.0 Å². The molecular weight excluding hydrogens is 338 g/mol. The molecule has 128 valence electrons. The zero-order chi connectivity index (χ0) is 17.4. The summed E-state index contributed by atoms with van der Waals surface area (Å²) in [6, 6.07) is 9.40. The zero-order valence-electron chi connectivity index (χ0n) is 13.9. The molecular formula is C18H17N3O3S. The Morgan fingerprint density at radius 1 is 1.36 bits per heavy atom. The van der Waals surface area contributed by atoms with E-state index in [4.69, 9.17) is 9.26 Å². The number of hydrogen-bond donors (Lipinski definition) is 1. The molecule has 1 aliphatic rings. The van der Waals surface area contributed by atoms with E-state index in [1.54, 1.807) is 13.3 Å². The number of rotatable bonds is 5. The molecule has 1 amide bonds. The molecule has 6 nitrogen and oxygen atoms in total. The Hall–Kier alpha value is -2.67. The average Bonchev–Trinajstić information content (AvgIpc) is 3.10. The Morgan fingerprint density at radius 3 is 2.88 bits per heavy atom. The van der Waals surface area contributed by atoms with Gasteiger partial charge in [-0.05, 0) is 31.9 Å². The van der Waals surface area contributed by atoms with Crippen LogP contribution in [0.1, 0.15) is 23.4 Å². The van der Waals surface area contributed by atoms with Gasteiger partial charge in [-0.2, -0.15) is 0 Å². The lowest BCUT2D eigenvalue weighted by Crippen LogP contribution is -2.28. The van der Waals surface area contributed by atoms with Crippen LogP contribution in [0.25, 0.3) is 11.3 Å². The van der Waals surface area contributed by atoms with Crippen molar-refractivity contribution in [2.45, 2.75) is 25.2 Å². The number of hydrogen-bond acceptors (Lipinski definition) is 6. The van der Waals surface area contributed by atoms with Crippen molar-refractivity contribution in [3.8, 4) is 17.1 Å². The third kappa shape index (κ3) is 2.91. The van der Waals surface area contributed by atoms with Crippen molar-refractivity contribution in [1.29, 1.82) is 0 Å². The molecule has 4 rings (SSSR count). The third-order valence-electron chi connectivity index (χ3n) is 4.38. The molecule has 3 aromatic rings. The minimum Gasteiger partial charge on any atom is -0.497 e. The summed E-state index contributed by atoms with van der Waals surface area (Å²) in [5.41, 5.74) is 0.918. The number of benzene rings is 1. The molecule has 1 aliphatic carbocycles. The smallest absolute Gasteiger partial charge is 0.238 e. The van der Waals surface area contributed by atoms with Gasteiger partial charge in [0.15, 0.2) is 10.9 Å². The first-order valence-electron chi connectivity index (χ1n) is 7.96. The van der Waals surface area contributed by atoms with Gasteiger partial charge in [0.05, 0.1) is 18.2 Å². The number of carbonyl (C=O) groups excluding carboxylic acids is 1. The first kappa shape index (κ1) is 15.8. The number of nitrogens with one attached hydrogen (secondary N) is 1. The minimum absolute atomic E-state index is 0.0765. The Kier molecular flexibility index (Phi) is 3.80. The molecule has 25 heavy (non-hydrogen) atoms. The van der Waals surface area contributed by atoms with Crippen molar-refractivity contribution in [1.82, 2.24) is 10.1 Å². The van der Waals surface area contributed by atoms with Gasteiger partial charge in [-0.15, -0.1) is 11.3 Å². The molecule has 1 N–H and O–H groups in total.